The average molecular weight is 481 g/mol. The molecule has 0 spiro atoms. The minimum absolute atomic E-state index is 0.0352. The summed E-state index contributed by atoms with van der Waals surface area (Å²) in [6, 6.07) is 4.43. The standard InChI is InChI=1S/C22H28N2O6S2/c1-4-6-7-15(21(27)28)23-19(25)10-11-24-20(26)18(32-22(24)31)13-14-8-9-16(30-5-2)17(12-14)29-3/h8-9,12-13,15H,4-7,10-11H2,1-3H3,(H,23,25)(H,27,28)/b18-13+. The van der Waals surface area contributed by atoms with Crippen LogP contribution < -0.4 is 14.8 Å². The van der Waals surface area contributed by atoms with Gasteiger partial charge in [-0.3, -0.25) is 14.5 Å². The van der Waals surface area contributed by atoms with Crippen molar-refractivity contribution in [2.45, 2.75) is 45.6 Å². The summed E-state index contributed by atoms with van der Waals surface area (Å²) in [5, 5.41) is 11.8. The Kier molecular flexibility index (Phi) is 9.98. The zero-order valence-electron chi connectivity index (χ0n) is 18.4. The Hall–Kier alpha value is -2.59. The number of unbranched alkanes of at least 4 members (excludes halogenated alkanes) is 1. The number of nitrogens with zero attached hydrogens (tertiary/aromatic N) is 1. The minimum atomic E-state index is -1.06. The van der Waals surface area contributed by atoms with Gasteiger partial charge in [0.1, 0.15) is 10.4 Å². The Morgan fingerprint density at radius 2 is 2.06 bits per heavy atom. The lowest BCUT2D eigenvalue weighted by Crippen LogP contribution is -2.42. The highest BCUT2D eigenvalue weighted by molar-refractivity contribution is 8.26. The van der Waals surface area contributed by atoms with Gasteiger partial charge >= 0.3 is 5.97 Å². The van der Waals surface area contributed by atoms with Crippen molar-refractivity contribution in [3.8, 4) is 11.5 Å². The van der Waals surface area contributed by atoms with E-state index < -0.39 is 17.9 Å². The highest BCUT2D eigenvalue weighted by Gasteiger charge is 2.32. The van der Waals surface area contributed by atoms with Gasteiger partial charge in [0.05, 0.1) is 18.6 Å². The first-order valence-corrected chi connectivity index (χ1v) is 11.6. The third kappa shape index (κ3) is 6.96. The molecule has 1 aromatic rings. The molecule has 2 amide bonds. The number of amides is 2. The number of thioether (sulfide) groups is 1. The average Bonchev–Trinajstić information content (AvgIpc) is 3.02. The maximum Gasteiger partial charge on any atom is 0.326 e. The second-order valence-electron chi connectivity index (χ2n) is 7.03. The van der Waals surface area contributed by atoms with Crippen LogP contribution in [0.15, 0.2) is 23.1 Å². The number of carbonyl (C=O) groups is 3. The van der Waals surface area contributed by atoms with Crippen LogP contribution in [-0.2, 0) is 14.4 Å². The monoisotopic (exact) mass is 480 g/mol. The number of nitrogens with one attached hydrogen (secondary N) is 1. The largest absolute Gasteiger partial charge is 0.493 e. The Bertz CT molecular complexity index is 902. The molecule has 2 rings (SSSR count). The molecule has 0 saturated carbocycles. The lowest BCUT2D eigenvalue weighted by Gasteiger charge is -2.17. The van der Waals surface area contributed by atoms with Crippen molar-refractivity contribution in [3.05, 3.63) is 28.7 Å². The number of methoxy groups -OCH3 is 1. The van der Waals surface area contributed by atoms with Crippen molar-refractivity contribution in [2.75, 3.05) is 20.3 Å². The Balaban J connectivity index is 2.02. The molecule has 0 aromatic heterocycles. The lowest BCUT2D eigenvalue weighted by molar-refractivity contribution is -0.142. The maximum absolute atomic E-state index is 12.8. The second kappa shape index (κ2) is 12.4. The second-order valence-corrected chi connectivity index (χ2v) is 8.70. The number of rotatable bonds is 12. The first-order valence-electron chi connectivity index (χ1n) is 10.4. The molecule has 8 nitrogen and oxygen atoms in total. The molecule has 0 bridgehead atoms. The van der Waals surface area contributed by atoms with E-state index in [1.54, 1.807) is 25.3 Å². The zero-order chi connectivity index (χ0) is 23.7. The fourth-order valence-corrected chi connectivity index (χ4v) is 4.35. The number of carboxylic acids is 1. The molecule has 2 N–H and O–H groups in total. The quantitative estimate of drug-likeness (QED) is 0.346. The summed E-state index contributed by atoms with van der Waals surface area (Å²) in [5.41, 5.74) is 0.753. The van der Waals surface area contributed by atoms with Crippen LogP contribution in [0.1, 0.15) is 45.1 Å². The van der Waals surface area contributed by atoms with E-state index in [0.717, 1.165) is 23.7 Å². The van der Waals surface area contributed by atoms with Gasteiger partial charge in [0.25, 0.3) is 5.91 Å². The number of hydrogen-bond acceptors (Lipinski definition) is 7. The molecular formula is C22H28N2O6S2. The van der Waals surface area contributed by atoms with E-state index in [1.165, 1.54) is 4.90 Å². The number of ether oxygens (including phenoxy) is 2. The summed E-state index contributed by atoms with van der Waals surface area (Å²) in [7, 11) is 1.54. The number of carbonyl (C=O) groups excluding carboxylic acids is 2. The van der Waals surface area contributed by atoms with Crippen LogP contribution in [-0.4, -0.2) is 58.4 Å². The van der Waals surface area contributed by atoms with E-state index in [2.05, 4.69) is 5.32 Å². The van der Waals surface area contributed by atoms with E-state index in [0.29, 0.717) is 40.2 Å². The zero-order valence-corrected chi connectivity index (χ0v) is 20.0. The number of hydrogen-bond donors (Lipinski definition) is 2. The first kappa shape index (κ1) is 25.7. The van der Waals surface area contributed by atoms with Gasteiger partial charge in [-0.15, -0.1) is 0 Å². The van der Waals surface area contributed by atoms with Crippen LogP contribution in [0.25, 0.3) is 6.08 Å². The van der Waals surface area contributed by atoms with E-state index >= 15 is 0 Å². The van der Waals surface area contributed by atoms with Crippen LogP contribution in [0.4, 0.5) is 0 Å². The van der Waals surface area contributed by atoms with E-state index in [9.17, 15) is 19.5 Å². The van der Waals surface area contributed by atoms with Gasteiger partial charge in [0, 0.05) is 13.0 Å². The van der Waals surface area contributed by atoms with Crippen molar-refractivity contribution in [3.63, 3.8) is 0 Å². The predicted octanol–water partition coefficient (Wildman–Crippen LogP) is 3.44. The first-order chi connectivity index (χ1) is 15.3. The van der Waals surface area contributed by atoms with Gasteiger partial charge in [-0.25, -0.2) is 4.79 Å². The predicted molar refractivity (Wildman–Crippen MR) is 128 cm³/mol. The topological polar surface area (TPSA) is 105 Å². The highest BCUT2D eigenvalue weighted by atomic mass is 32.2. The Labute approximate surface area is 197 Å². The van der Waals surface area contributed by atoms with E-state index in [-0.39, 0.29) is 18.9 Å². The van der Waals surface area contributed by atoms with E-state index in [1.807, 2.05) is 19.9 Å². The highest BCUT2D eigenvalue weighted by Crippen LogP contribution is 2.34. The summed E-state index contributed by atoms with van der Waals surface area (Å²) in [4.78, 5) is 38.1. The summed E-state index contributed by atoms with van der Waals surface area (Å²) in [5.74, 6) is -0.608. The molecule has 174 valence electrons. The minimum Gasteiger partial charge on any atom is -0.493 e. The normalized spacial score (nSPS) is 15.7. The van der Waals surface area contributed by atoms with Gasteiger partial charge in [-0.05, 0) is 37.1 Å². The Morgan fingerprint density at radius 1 is 1.31 bits per heavy atom. The molecule has 1 atom stereocenters. The molecule has 32 heavy (non-hydrogen) atoms. The third-order valence-corrected chi connectivity index (χ3v) is 6.08. The van der Waals surface area contributed by atoms with Crippen molar-refractivity contribution in [1.82, 2.24) is 10.2 Å². The molecule has 1 unspecified atom stereocenters. The van der Waals surface area contributed by atoms with Gasteiger partial charge in [0.15, 0.2) is 11.5 Å². The number of aliphatic carboxylic acids is 1. The van der Waals surface area contributed by atoms with Crippen molar-refractivity contribution in [1.29, 1.82) is 0 Å². The molecule has 1 aliphatic heterocycles. The molecule has 0 radical (unpaired) electrons. The molecule has 0 aliphatic carbocycles. The summed E-state index contributed by atoms with van der Waals surface area (Å²) >= 11 is 6.47. The van der Waals surface area contributed by atoms with Gasteiger partial charge in [0.2, 0.25) is 5.91 Å². The van der Waals surface area contributed by atoms with Gasteiger partial charge < -0.3 is 19.9 Å². The molecule has 1 fully saturated rings. The van der Waals surface area contributed by atoms with Crippen molar-refractivity contribution in [2.24, 2.45) is 0 Å². The van der Waals surface area contributed by atoms with Crippen molar-refractivity contribution >= 4 is 52.2 Å². The summed E-state index contributed by atoms with van der Waals surface area (Å²) in [6.07, 6.45) is 3.58. The summed E-state index contributed by atoms with van der Waals surface area (Å²) < 4.78 is 11.2. The number of benzene rings is 1. The lowest BCUT2D eigenvalue weighted by atomic mass is 10.1. The van der Waals surface area contributed by atoms with E-state index in [4.69, 9.17) is 21.7 Å². The number of carboxylic acid groups (broad SMARTS) is 1. The molecule has 10 heteroatoms. The summed E-state index contributed by atoms with van der Waals surface area (Å²) in [6.45, 7) is 4.42. The number of thiocarbonyl (C=S) groups is 1. The molecule has 1 heterocycles. The fraction of sp³-hybridized carbons (Fsp3) is 0.455. The van der Waals surface area contributed by atoms with Crippen LogP contribution in [0.3, 0.4) is 0 Å². The molecule has 1 saturated heterocycles. The molecule has 1 aliphatic rings. The SMILES string of the molecule is CCCCC(NC(=O)CCN1C(=O)/C(=C\c2ccc(OCC)c(OC)c2)SC1=S)C(=O)O. The Morgan fingerprint density at radius 3 is 2.69 bits per heavy atom. The van der Waals surface area contributed by atoms with Crippen molar-refractivity contribution < 1.29 is 29.0 Å². The smallest absolute Gasteiger partial charge is 0.326 e. The molecule has 1 aromatic carbocycles. The van der Waals surface area contributed by atoms with Crippen LogP contribution in [0.2, 0.25) is 0 Å². The third-order valence-electron chi connectivity index (χ3n) is 4.70. The maximum atomic E-state index is 12.8. The molecular weight excluding hydrogens is 452 g/mol. The van der Waals surface area contributed by atoms with Gasteiger partial charge in [-0.1, -0.05) is 49.8 Å². The fourth-order valence-electron chi connectivity index (χ4n) is 3.04. The van der Waals surface area contributed by atoms with Gasteiger partial charge in [-0.2, -0.15) is 0 Å². The van der Waals surface area contributed by atoms with Crippen LogP contribution >= 0.6 is 24.0 Å². The van der Waals surface area contributed by atoms with Crippen LogP contribution in [0, 0.1) is 0 Å². The van der Waals surface area contributed by atoms with Crippen LogP contribution in [0.5, 0.6) is 11.5 Å².